The fourth-order valence-electron chi connectivity index (χ4n) is 4.35. The molecule has 2 fully saturated rings. The summed E-state index contributed by atoms with van der Waals surface area (Å²) in [6.45, 7) is 2.43. The highest BCUT2D eigenvalue weighted by Gasteiger charge is 2.43. The van der Waals surface area contributed by atoms with Gasteiger partial charge in [0.1, 0.15) is 5.82 Å². The molecule has 31 heavy (non-hydrogen) atoms. The van der Waals surface area contributed by atoms with Crippen molar-refractivity contribution in [3.8, 4) is 0 Å². The van der Waals surface area contributed by atoms with Gasteiger partial charge in [-0.05, 0) is 42.2 Å². The summed E-state index contributed by atoms with van der Waals surface area (Å²) in [5, 5.41) is 9.42. The normalized spacial score (nSPS) is 23.3. The molecule has 3 N–H and O–H groups in total. The van der Waals surface area contributed by atoms with Gasteiger partial charge in [0.25, 0.3) is 0 Å². The van der Waals surface area contributed by atoms with Gasteiger partial charge in [-0.3, -0.25) is 19.5 Å². The average molecular weight is 426 g/mol. The van der Waals surface area contributed by atoms with Crippen LogP contribution in [-0.4, -0.2) is 52.9 Å². The number of halogens is 1. The number of hydrogen-bond donors (Lipinski definition) is 3. The monoisotopic (exact) mass is 425 g/mol. The van der Waals surface area contributed by atoms with Gasteiger partial charge < -0.3 is 16.0 Å². The van der Waals surface area contributed by atoms with E-state index in [0.717, 1.165) is 24.1 Å². The summed E-state index contributed by atoms with van der Waals surface area (Å²) in [5.41, 5.74) is 1.98. The Morgan fingerprint density at radius 2 is 2.03 bits per heavy atom. The molecule has 2 saturated heterocycles. The van der Waals surface area contributed by atoms with Gasteiger partial charge in [0, 0.05) is 57.1 Å². The number of fused-ring (bicyclic) bond motifs is 1. The first kappa shape index (κ1) is 21.4. The van der Waals surface area contributed by atoms with Crippen molar-refractivity contribution in [2.75, 3.05) is 13.1 Å². The maximum absolute atomic E-state index is 13.1. The van der Waals surface area contributed by atoms with Gasteiger partial charge in [0.2, 0.25) is 11.8 Å². The molecule has 2 aliphatic rings. The predicted octanol–water partition coefficient (Wildman–Crippen LogP) is 1.35. The molecule has 2 aromatic rings. The molecule has 0 aliphatic carbocycles. The molecular formula is C23H28FN5O2. The van der Waals surface area contributed by atoms with Crippen LogP contribution in [0.25, 0.3) is 0 Å². The molecule has 2 aliphatic heterocycles. The summed E-state index contributed by atoms with van der Waals surface area (Å²) < 4.78 is 13.1. The summed E-state index contributed by atoms with van der Waals surface area (Å²) >= 11 is 0. The van der Waals surface area contributed by atoms with Crippen LogP contribution in [0.5, 0.6) is 0 Å². The van der Waals surface area contributed by atoms with Crippen molar-refractivity contribution in [2.24, 2.45) is 0 Å². The van der Waals surface area contributed by atoms with Crippen LogP contribution in [0.3, 0.4) is 0 Å². The van der Waals surface area contributed by atoms with E-state index in [4.69, 9.17) is 0 Å². The Hall–Kier alpha value is -2.84. The molecule has 164 valence electrons. The summed E-state index contributed by atoms with van der Waals surface area (Å²) in [5.74, 6) is -0.184. The lowest BCUT2D eigenvalue weighted by molar-refractivity contribution is -0.129. The third-order valence-corrected chi connectivity index (χ3v) is 6.05. The predicted molar refractivity (Wildman–Crippen MR) is 114 cm³/mol. The van der Waals surface area contributed by atoms with Crippen molar-refractivity contribution < 1.29 is 14.0 Å². The summed E-state index contributed by atoms with van der Waals surface area (Å²) in [7, 11) is 0. The van der Waals surface area contributed by atoms with Crippen molar-refractivity contribution >= 4 is 11.8 Å². The van der Waals surface area contributed by atoms with Crippen LogP contribution in [-0.2, 0) is 22.7 Å². The number of pyridine rings is 1. The quantitative estimate of drug-likeness (QED) is 0.595. The van der Waals surface area contributed by atoms with E-state index in [2.05, 4.69) is 25.8 Å². The molecule has 7 nitrogen and oxygen atoms in total. The van der Waals surface area contributed by atoms with Gasteiger partial charge >= 0.3 is 0 Å². The highest BCUT2D eigenvalue weighted by atomic mass is 19.1. The molecule has 1 aromatic heterocycles. The van der Waals surface area contributed by atoms with Crippen molar-refractivity contribution in [3.63, 3.8) is 0 Å². The fourth-order valence-corrected chi connectivity index (χ4v) is 4.35. The second kappa shape index (κ2) is 9.98. The zero-order valence-electron chi connectivity index (χ0n) is 17.4. The Labute approximate surface area is 181 Å². The molecule has 1 aromatic carbocycles. The van der Waals surface area contributed by atoms with Crippen molar-refractivity contribution in [2.45, 2.75) is 50.5 Å². The van der Waals surface area contributed by atoms with Crippen LogP contribution >= 0.6 is 0 Å². The SMILES string of the molecule is O=C(CC[C@H]1CNC(=O)[C@H]2C[C@H](NCc3ccc(F)cc3)CN12)NCc1cccnc1. The van der Waals surface area contributed by atoms with Gasteiger partial charge in [-0.15, -0.1) is 0 Å². The Balaban J connectivity index is 1.25. The number of aromatic nitrogens is 1. The lowest BCUT2D eigenvalue weighted by Gasteiger charge is -2.37. The smallest absolute Gasteiger partial charge is 0.237 e. The number of rotatable bonds is 8. The highest BCUT2D eigenvalue weighted by molar-refractivity contribution is 5.83. The van der Waals surface area contributed by atoms with Gasteiger partial charge in [-0.25, -0.2) is 4.39 Å². The molecule has 0 bridgehead atoms. The number of piperazine rings is 1. The second-order valence-corrected chi connectivity index (χ2v) is 8.23. The Bertz CT molecular complexity index is 893. The lowest BCUT2D eigenvalue weighted by atomic mass is 10.0. The molecule has 0 unspecified atom stereocenters. The molecule has 0 spiro atoms. The van der Waals surface area contributed by atoms with Crippen LogP contribution in [0.15, 0.2) is 48.8 Å². The number of benzene rings is 1. The maximum atomic E-state index is 13.1. The Kier molecular flexibility index (Phi) is 6.89. The van der Waals surface area contributed by atoms with Crippen LogP contribution in [0, 0.1) is 5.82 Å². The first-order chi connectivity index (χ1) is 15.1. The summed E-state index contributed by atoms with van der Waals surface area (Å²) in [4.78, 5) is 30.9. The zero-order chi connectivity index (χ0) is 21.6. The van der Waals surface area contributed by atoms with E-state index in [-0.39, 0.29) is 35.8 Å². The highest BCUT2D eigenvalue weighted by Crippen LogP contribution is 2.26. The minimum Gasteiger partial charge on any atom is -0.353 e. The molecule has 2 amide bonds. The molecule has 4 rings (SSSR count). The summed E-state index contributed by atoms with van der Waals surface area (Å²) in [6, 6.07) is 10.4. The zero-order valence-corrected chi connectivity index (χ0v) is 17.4. The van der Waals surface area contributed by atoms with E-state index in [1.54, 1.807) is 24.5 Å². The van der Waals surface area contributed by atoms with E-state index >= 15 is 0 Å². The second-order valence-electron chi connectivity index (χ2n) is 8.23. The van der Waals surface area contributed by atoms with Gasteiger partial charge in [-0.2, -0.15) is 0 Å². The van der Waals surface area contributed by atoms with Gasteiger partial charge in [0.05, 0.1) is 6.04 Å². The standard InChI is InChI=1S/C23H28FN5O2/c24-18-5-3-16(4-6-18)12-26-19-10-21-23(31)28-14-20(29(21)15-19)7-8-22(30)27-13-17-2-1-9-25-11-17/h1-6,9,11,19-21,26H,7-8,10,12-15H2,(H,27,30)(H,28,31)/t19-,20-,21+/m0/s1. The molecular weight excluding hydrogens is 397 g/mol. The Morgan fingerprint density at radius 1 is 1.19 bits per heavy atom. The van der Waals surface area contributed by atoms with E-state index in [1.807, 2.05) is 12.1 Å². The number of hydrogen-bond acceptors (Lipinski definition) is 5. The minimum absolute atomic E-state index is 0.00230. The van der Waals surface area contributed by atoms with Crippen LogP contribution in [0.1, 0.15) is 30.4 Å². The number of nitrogens with zero attached hydrogens (tertiary/aromatic N) is 2. The molecule has 3 heterocycles. The molecule has 3 atom stereocenters. The van der Waals surface area contributed by atoms with E-state index < -0.39 is 0 Å². The molecule has 0 radical (unpaired) electrons. The third kappa shape index (κ3) is 5.65. The van der Waals surface area contributed by atoms with E-state index in [0.29, 0.717) is 32.5 Å². The number of carbonyl (C=O) groups excluding carboxylic acids is 2. The average Bonchev–Trinajstić information content (AvgIpc) is 3.23. The third-order valence-electron chi connectivity index (χ3n) is 6.05. The summed E-state index contributed by atoms with van der Waals surface area (Å²) in [6.07, 6.45) is 5.29. The topological polar surface area (TPSA) is 86.4 Å². The van der Waals surface area contributed by atoms with Crippen LogP contribution in [0.4, 0.5) is 4.39 Å². The van der Waals surface area contributed by atoms with E-state index in [9.17, 15) is 14.0 Å². The van der Waals surface area contributed by atoms with Crippen molar-refractivity contribution in [1.82, 2.24) is 25.8 Å². The first-order valence-electron chi connectivity index (χ1n) is 10.8. The minimum atomic E-state index is -0.245. The molecule has 0 saturated carbocycles. The van der Waals surface area contributed by atoms with Crippen LogP contribution < -0.4 is 16.0 Å². The van der Waals surface area contributed by atoms with Crippen molar-refractivity contribution in [3.05, 3.63) is 65.7 Å². The number of carbonyl (C=O) groups is 2. The van der Waals surface area contributed by atoms with Gasteiger partial charge in [0.15, 0.2) is 0 Å². The largest absolute Gasteiger partial charge is 0.353 e. The van der Waals surface area contributed by atoms with Crippen LogP contribution in [0.2, 0.25) is 0 Å². The first-order valence-corrected chi connectivity index (χ1v) is 10.8. The lowest BCUT2D eigenvalue weighted by Crippen LogP contribution is -2.58. The van der Waals surface area contributed by atoms with Gasteiger partial charge in [-0.1, -0.05) is 18.2 Å². The number of nitrogens with one attached hydrogen (secondary N) is 3. The molecule has 8 heteroatoms. The fraction of sp³-hybridized carbons (Fsp3) is 0.435. The maximum Gasteiger partial charge on any atom is 0.237 e. The van der Waals surface area contributed by atoms with Crippen molar-refractivity contribution in [1.29, 1.82) is 0 Å². The number of amides is 2. The van der Waals surface area contributed by atoms with E-state index in [1.165, 1.54) is 12.1 Å². The Morgan fingerprint density at radius 3 is 2.81 bits per heavy atom.